The molecule has 0 bridgehead atoms. The Hall–Kier alpha value is -0.960. The number of aliphatic hydroxyl groups is 1. The third-order valence-electron chi connectivity index (χ3n) is 2.46. The zero-order chi connectivity index (χ0) is 11.7. The molecule has 0 fully saturated rings. The molecular weight excluding hydrogens is 198 g/mol. The van der Waals surface area contributed by atoms with Crippen LogP contribution >= 0.6 is 0 Å². The third-order valence-corrected chi connectivity index (χ3v) is 2.46. The van der Waals surface area contributed by atoms with Crippen molar-refractivity contribution in [1.29, 1.82) is 0 Å². The maximum absolute atomic E-state index is 13.3. The molecule has 1 rings (SSSR count). The van der Waals surface area contributed by atoms with Gasteiger partial charge in [0.05, 0.1) is 5.60 Å². The van der Waals surface area contributed by atoms with E-state index in [1.54, 1.807) is 26.0 Å². The van der Waals surface area contributed by atoms with Crippen molar-refractivity contribution in [3.63, 3.8) is 0 Å². The molecule has 1 aromatic rings. The highest BCUT2D eigenvalue weighted by Gasteiger charge is 2.29. The molecule has 1 N–H and O–H groups in total. The molecule has 15 heavy (non-hydrogen) atoms. The lowest BCUT2D eigenvalue weighted by molar-refractivity contribution is -0.00846. The molecule has 1 aromatic carbocycles. The highest BCUT2D eigenvalue weighted by molar-refractivity contribution is 5.28. The molecule has 0 aromatic heterocycles. The summed E-state index contributed by atoms with van der Waals surface area (Å²) in [5.41, 5.74) is -0.351. The molecule has 0 aliphatic rings. The Morgan fingerprint density at radius 2 is 1.47 bits per heavy atom. The van der Waals surface area contributed by atoms with Gasteiger partial charge in [0.1, 0.15) is 0 Å². The zero-order valence-electron chi connectivity index (χ0n) is 9.22. The van der Waals surface area contributed by atoms with Gasteiger partial charge in [-0.2, -0.15) is 0 Å². The Kier molecular flexibility index (Phi) is 3.14. The maximum Gasteiger partial charge on any atom is 0.273 e. The molecular formula is C12H16F2O. The van der Waals surface area contributed by atoms with Crippen molar-refractivity contribution in [3.05, 3.63) is 35.4 Å². The van der Waals surface area contributed by atoms with Gasteiger partial charge >= 0.3 is 0 Å². The fraction of sp³-hybridized carbons (Fsp3) is 0.500. The van der Waals surface area contributed by atoms with Crippen molar-refractivity contribution in [3.8, 4) is 0 Å². The summed E-state index contributed by atoms with van der Waals surface area (Å²) in [4.78, 5) is 0. The Labute approximate surface area is 88.7 Å². The number of benzene rings is 1. The van der Waals surface area contributed by atoms with Crippen molar-refractivity contribution < 1.29 is 13.9 Å². The fourth-order valence-electron chi connectivity index (χ4n) is 1.33. The van der Waals surface area contributed by atoms with Gasteiger partial charge < -0.3 is 5.11 Å². The monoisotopic (exact) mass is 214 g/mol. The number of halogens is 2. The zero-order valence-corrected chi connectivity index (χ0v) is 9.22. The lowest BCUT2D eigenvalue weighted by atomic mass is 9.95. The average molecular weight is 214 g/mol. The van der Waals surface area contributed by atoms with Crippen LogP contribution in [0.5, 0.6) is 0 Å². The molecule has 0 heterocycles. The first kappa shape index (κ1) is 12.1. The molecule has 0 aliphatic carbocycles. The number of rotatable bonds is 3. The Balaban J connectivity index is 3.01. The van der Waals surface area contributed by atoms with Gasteiger partial charge in [0.2, 0.25) is 0 Å². The number of hydrogen-bond acceptors (Lipinski definition) is 1. The molecule has 0 saturated heterocycles. The lowest BCUT2D eigenvalue weighted by Gasteiger charge is -2.20. The summed E-state index contributed by atoms with van der Waals surface area (Å²) in [6.45, 7) is 4.70. The molecule has 0 amide bonds. The van der Waals surface area contributed by atoms with Crippen LogP contribution in [-0.2, 0) is 11.5 Å². The van der Waals surface area contributed by atoms with E-state index in [9.17, 15) is 13.9 Å². The molecule has 0 spiro atoms. The molecule has 1 nitrogen and oxygen atoms in total. The second-order valence-corrected chi connectivity index (χ2v) is 4.19. The van der Waals surface area contributed by atoms with Crippen LogP contribution in [-0.4, -0.2) is 5.11 Å². The molecule has 0 saturated carbocycles. The van der Waals surface area contributed by atoms with Gasteiger partial charge in [-0.1, -0.05) is 31.2 Å². The van der Waals surface area contributed by atoms with Gasteiger partial charge in [0.25, 0.3) is 5.92 Å². The average Bonchev–Trinajstić information content (AvgIpc) is 2.17. The molecule has 0 radical (unpaired) electrons. The van der Waals surface area contributed by atoms with E-state index >= 15 is 0 Å². The van der Waals surface area contributed by atoms with Gasteiger partial charge in [-0.25, -0.2) is 8.78 Å². The molecule has 0 atom stereocenters. The quantitative estimate of drug-likeness (QED) is 0.817. The van der Waals surface area contributed by atoms with Crippen LogP contribution in [0.15, 0.2) is 24.3 Å². The molecule has 0 unspecified atom stereocenters. The second kappa shape index (κ2) is 3.89. The van der Waals surface area contributed by atoms with Crippen LogP contribution in [0.1, 0.15) is 38.3 Å². The van der Waals surface area contributed by atoms with Gasteiger partial charge in [-0.3, -0.25) is 0 Å². The van der Waals surface area contributed by atoms with Gasteiger partial charge in [0.15, 0.2) is 0 Å². The van der Waals surface area contributed by atoms with Gasteiger partial charge in [-0.15, -0.1) is 0 Å². The normalized spacial score (nSPS) is 12.9. The predicted octanol–water partition coefficient (Wildman–Crippen LogP) is 3.42. The Morgan fingerprint density at radius 1 is 1.07 bits per heavy atom. The van der Waals surface area contributed by atoms with Crippen molar-refractivity contribution >= 4 is 0 Å². The number of alkyl halides is 2. The first-order valence-corrected chi connectivity index (χ1v) is 4.98. The SMILES string of the molecule is CCC(F)(F)c1ccc(C(C)(C)O)cc1. The van der Waals surface area contributed by atoms with E-state index in [-0.39, 0.29) is 12.0 Å². The van der Waals surface area contributed by atoms with Gasteiger partial charge in [0, 0.05) is 12.0 Å². The van der Waals surface area contributed by atoms with Gasteiger partial charge in [-0.05, 0) is 19.4 Å². The topological polar surface area (TPSA) is 20.2 Å². The third kappa shape index (κ3) is 2.75. The van der Waals surface area contributed by atoms with Crippen LogP contribution in [0.25, 0.3) is 0 Å². The van der Waals surface area contributed by atoms with Crippen molar-refractivity contribution in [2.45, 2.75) is 38.7 Å². The van der Waals surface area contributed by atoms with E-state index in [1.165, 1.54) is 19.1 Å². The molecule has 3 heteroatoms. The molecule has 0 aliphatic heterocycles. The summed E-state index contributed by atoms with van der Waals surface area (Å²) in [5, 5.41) is 9.65. The first-order valence-electron chi connectivity index (χ1n) is 4.98. The smallest absolute Gasteiger partial charge is 0.273 e. The van der Waals surface area contributed by atoms with E-state index in [4.69, 9.17) is 0 Å². The summed E-state index contributed by atoms with van der Waals surface area (Å²) in [5.74, 6) is -2.78. The second-order valence-electron chi connectivity index (χ2n) is 4.19. The highest BCUT2D eigenvalue weighted by Crippen LogP contribution is 2.32. The Bertz CT molecular complexity index is 322. The summed E-state index contributed by atoms with van der Waals surface area (Å²) >= 11 is 0. The van der Waals surface area contributed by atoms with Crippen molar-refractivity contribution in [1.82, 2.24) is 0 Å². The first-order chi connectivity index (χ1) is 6.77. The minimum Gasteiger partial charge on any atom is -0.386 e. The minimum absolute atomic E-state index is 0.00185. The van der Waals surface area contributed by atoms with E-state index in [0.717, 1.165) is 0 Å². The van der Waals surface area contributed by atoms with E-state index in [2.05, 4.69) is 0 Å². The molecule has 84 valence electrons. The summed E-state index contributed by atoms with van der Waals surface area (Å²) < 4.78 is 26.5. The van der Waals surface area contributed by atoms with E-state index < -0.39 is 11.5 Å². The van der Waals surface area contributed by atoms with E-state index in [1.807, 2.05) is 0 Å². The van der Waals surface area contributed by atoms with Crippen molar-refractivity contribution in [2.24, 2.45) is 0 Å². The predicted molar refractivity (Wildman–Crippen MR) is 55.9 cm³/mol. The lowest BCUT2D eigenvalue weighted by Crippen LogP contribution is -2.16. The van der Waals surface area contributed by atoms with Crippen LogP contribution < -0.4 is 0 Å². The van der Waals surface area contributed by atoms with Crippen LogP contribution in [0.3, 0.4) is 0 Å². The van der Waals surface area contributed by atoms with Crippen molar-refractivity contribution in [2.75, 3.05) is 0 Å². The summed E-state index contributed by atoms with van der Waals surface area (Å²) in [7, 11) is 0. The Morgan fingerprint density at radius 3 is 1.80 bits per heavy atom. The van der Waals surface area contributed by atoms with Crippen LogP contribution in [0, 0.1) is 0 Å². The summed E-state index contributed by atoms with van der Waals surface area (Å²) in [6.07, 6.45) is -0.213. The maximum atomic E-state index is 13.3. The standard InChI is InChI=1S/C12H16F2O/c1-4-12(13,14)10-7-5-9(6-8-10)11(2,3)15/h5-8,15H,4H2,1-3H3. The number of hydrogen-bond donors (Lipinski definition) is 1. The minimum atomic E-state index is -2.78. The van der Waals surface area contributed by atoms with Crippen LogP contribution in [0.2, 0.25) is 0 Å². The fourth-order valence-corrected chi connectivity index (χ4v) is 1.33. The van der Waals surface area contributed by atoms with E-state index in [0.29, 0.717) is 5.56 Å². The largest absolute Gasteiger partial charge is 0.386 e. The summed E-state index contributed by atoms with van der Waals surface area (Å²) in [6, 6.07) is 5.82. The van der Waals surface area contributed by atoms with Crippen LogP contribution in [0.4, 0.5) is 8.78 Å². The highest BCUT2D eigenvalue weighted by atomic mass is 19.3.